The van der Waals surface area contributed by atoms with Gasteiger partial charge >= 0.3 is 0 Å². The molecule has 2 heteroatoms. The van der Waals surface area contributed by atoms with Gasteiger partial charge in [0.1, 0.15) is 0 Å². The summed E-state index contributed by atoms with van der Waals surface area (Å²) in [7, 11) is 0. The fourth-order valence-corrected chi connectivity index (χ4v) is 5.04. The van der Waals surface area contributed by atoms with E-state index in [1.807, 2.05) is 0 Å². The number of piperazine rings is 1. The molecule has 0 spiro atoms. The molecule has 2 unspecified atom stereocenters. The monoisotopic (exact) mass is 292 g/mol. The van der Waals surface area contributed by atoms with Gasteiger partial charge in [0, 0.05) is 25.2 Å². The Morgan fingerprint density at radius 1 is 0.952 bits per heavy atom. The van der Waals surface area contributed by atoms with Gasteiger partial charge in [-0.25, -0.2) is 0 Å². The molecule has 0 aromatic rings. The number of rotatable bonds is 5. The van der Waals surface area contributed by atoms with Gasteiger partial charge in [-0.05, 0) is 50.6 Å². The van der Waals surface area contributed by atoms with Crippen molar-refractivity contribution in [3.8, 4) is 0 Å². The molecule has 0 aromatic heterocycles. The lowest BCUT2D eigenvalue weighted by Crippen LogP contribution is -2.61. The molecule has 0 bridgehead atoms. The minimum atomic E-state index is 0.805. The number of nitrogens with zero attached hydrogens (tertiary/aromatic N) is 2. The van der Waals surface area contributed by atoms with Gasteiger partial charge in [0.15, 0.2) is 0 Å². The van der Waals surface area contributed by atoms with E-state index in [4.69, 9.17) is 0 Å². The van der Waals surface area contributed by atoms with Crippen LogP contribution in [-0.2, 0) is 0 Å². The van der Waals surface area contributed by atoms with Gasteiger partial charge in [-0.1, -0.05) is 46.0 Å². The minimum absolute atomic E-state index is 0.805. The maximum Gasteiger partial charge on any atom is 0.0246 e. The Morgan fingerprint density at radius 2 is 1.71 bits per heavy atom. The Balaban J connectivity index is 1.50. The van der Waals surface area contributed by atoms with E-state index in [0.29, 0.717) is 0 Å². The third-order valence-corrected chi connectivity index (χ3v) is 6.39. The second-order valence-electron chi connectivity index (χ2n) is 8.24. The first-order valence-corrected chi connectivity index (χ1v) is 9.72. The molecule has 0 N–H and O–H groups in total. The molecule has 2 saturated heterocycles. The van der Waals surface area contributed by atoms with Crippen molar-refractivity contribution in [3.05, 3.63) is 0 Å². The Labute approximate surface area is 132 Å². The van der Waals surface area contributed by atoms with Crippen LogP contribution in [0.1, 0.15) is 71.6 Å². The van der Waals surface area contributed by atoms with E-state index >= 15 is 0 Å². The molecule has 122 valence electrons. The smallest absolute Gasteiger partial charge is 0.0246 e. The highest BCUT2D eigenvalue weighted by atomic mass is 15.3. The van der Waals surface area contributed by atoms with E-state index in [2.05, 4.69) is 23.6 Å². The fraction of sp³-hybridized carbons (Fsp3) is 1.00. The average Bonchev–Trinajstić information content (AvgIpc) is 2.99. The van der Waals surface area contributed by atoms with Crippen LogP contribution in [0.4, 0.5) is 0 Å². The first-order chi connectivity index (χ1) is 10.2. The molecule has 1 aliphatic carbocycles. The van der Waals surface area contributed by atoms with Crippen molar-refractivity contribution >= 4 is 0 Å². The van der Waals surface area contributed by atoms with E-state index in [1.165, 1.54) is 84.0 Å². The van der Waals surface area contributed by atoms with Crippen molar-refractivity contribution in [2.45, 2.75) is 83.7 Å². The lowest BCUT2D eigenvalue weighted by Gasteiger charge is -2.50. The molecule has 0 aromatic carbocycles. The van der Waals surface area contributed by atoms with Gasteiger partial charge in [0.05, 0.1) is 0 Å². The molecule has 2 nitrogen and oxygen atoms in total. The van der Waals surface area contributed by atoms with Crippen LogP contribution < -0.4 is 0 Å². The Bertz CT molecular complexity index is 309. The predicted molar refractivity (Wildman–Crippen MR) is 90.6 cm³/mol. The summed E-state index contributed by atoms with van der Waals surface area (Å²) in [5.74, 6) is 1.87. The van der Waals surface area contributed by atoms with Crippen molar-refractivity contribution in [3.63, 3.8) is 0 Å². The molecule has 2 atom stereocenters. The quantitative estimate of drug-likeness (QED) is 0.751. The maximum absolute atomic E-state index is 2.87. The van der Waals surface area contributed by atoms with Crippen LogP contribution in [-0.4, -0.2) is 48.1 Å². The Hall–Kier alpha value is -0.0800. The molecule has 0 amide bonds. The third kappa shape index (κ3) is 4.01. The standard InChI is InChI=1S/C19H36N2/c1-16(2)19-15-20-12-6-5-11-18(20)14-21(19)13-7-10-17-8-3-4-9-17/h16-19H,3-15H2,1-2H3. The van der Waals surface area contributed by atoms with Crippen LogP contribution in [0, 0.1) is 11.8 Å². The molecule has 3 rings (SSSR count). The molecule has 0 radical (unpaired) electrons. The van der Waals surface area contributed by atoms with Crippen LogP contribution in [0.15, 0.2) is 0 Å². The molecular formula is C19H36N2. The summed E-state index contributed by atoms with van der Waals surface area (Å²) in [4.78, 5) is 5.67. The molecular weight excluding hydrogens is 256 g/mol. The van der Waals surface area contributed by atoms with E-state index in [1.54, 1.807) is 0 Å². The minimum Gasteiger partial charge on any atom is -0.298 e. The van der Waals surface area contributed by atoms with E-state index < -0.39 is 0 Å². The number of fused-ring (bicyclic) bond motifs is 1. The average molecular weight is 293 g/mol. The highest BCUT2D eigenvalue weighted by Gasteiger charge is 2.35. The van der Waals surface area contributed by atoms with Gasteiger partial charge in [-0.2, -0.15) is 0 Å². The van der Waals surface area contributed by atoms with E-state index in [0.717, 1.165) is 23.9 Å². The zero-order valence-corrected chi connectivity index (χ0v) is 14.4. The highest BCUT2D eigenvalue weighted by Crippen LogP contribution is 2.30. The predicted octanol–water partition coefficient (Wildman–Crippen LogP) is 4.15. The molecule has 3 aliphatic rings. The van der Waals surface area contributed by atoms with Gasteiger partial charge in [0.25, 0.3) is 0 Å². The lowest BCUT2D eigenvalue weighted by molar-refractivity contribution is -0.00846. The Morgan fingerprint density at radius 3 is 2.48 bits per heavy atom. The van der Waals surface area contributed by atoms with Crippen LogP contribution >= 0.6 is 0 Å². The molecule has 2 aliphatic heterocycles. The molecule has 2 heterocycles. The largest absolute Gasteiger partial charge is 0.298 e. The van der Waals surface area contributed by atoms with E-state index in [9.17, 15) is 0 Å². The van der Waals surface area contributed by atoms with Crippen LogP contribution in [0.3, 0.4) is 0 Å². The summed E-state index contributed by atoms with van der Waals surface area (Å²) in [6.07, 6.45) is 13.3. The summed E-state index contributed by atoms with van der Waals surface area (Å²) >= 11 is 0. The molecule has 1 saturated carbocycles. The van der Waals surface area contributed by atoms with Gasteiger partial charge in [-0.15, -0.1) is 0 Å². The highest BCUT2D eigenvalue weighted by molar-refractivity contribution is 4.92. The van der Waals surface area contributed by atoms with Crippen molar-refractivity contribution in [1.82, 2.24) is 9.80 Å². The Kier molecular flexibility index (Phi) is 5.61. The zero-order valence-electron chi connectivity index (χ0n) is 14.4. The summed E-state index contributed by atoms with van der Waals surface area (Å²) in [5.41, 5.74) is 0. The fourth-order valence-electron chi connectivity index (χ4n) is 5.04. The second kappa shape index (κ2) is 7.46. The normalized spacial score (nSPS) is 32.7. The van der Waals surface area contributed by atoms with Crippen molar-refractivity contribution < 1.29 is 0 Å². The molecule has 3 fully saturated rings. The zero-order chi connectivity index (χ0) is 14.7. The van der Waals surface area contributed by atoms with Gasteiger partial charge in [-0.3, -0.25) is 9.80 Å². The van der Waals surface area contributed by atoms with Crippen molar-refractivity contribution in [2.24, 2.45) is 11.8 Å². The number of hydrogen-bond acceptors (Lipinski definition) is 2. The lowest BCUT2D eigenvalue weighted by atomic mass is 9.91. The SMILES string of the molecule is CC(C)C1CN2CCCCC2CN1CCCC1CCCC1. The first-order valence-electron chi connectivity index (χ1n) is 9.72. The third-order valence-electron chi connectivity index (χ3n) is 6.39. The first kappa shape index (κ1) is 15.8. The van der Waals surface area contributed by atoms with Gasteiger partial charge in [0.2, 0.25) is 0 Å². The van der Waals surface area contributed by atoms with Gasteiger partial charge < -0.3 is 0 Å². The van der Waals surface area contributed by atoms with Crippen molar-refractivity contribution in [1.29, 1.82) is 0 Å². The summed E-state index contributed by atoms with van der Waals surface area (Å²) < 4.78 is 0. The van der Waals surface area contributed by atoms with E-state index in [-0.39, 0.29) is 0 Å². The molecule has 21 heavy (non-hydrogen) atoms. The maximum atomic E-state index is 2.87. The second-order valence-corrected chi connectivity index (χ2v) is 8.24. The summed E-state index contributed by atoms with van der Waals surface area (Å²) in [5, 5.41) is 0. The van der Waals surface area contributed by atoms with Crippen LogP contribution in [0.2, 0.25) is 0 Å². The van der Waals surface area contributed by atoms with Crippen LogP contribution in [0.5, 0.6) is 0 Å². The number of hydrogen-bond donors (Lipinski definition) is 0. The number of piperidine rings is 1. The topological polar surface area (TPSA) is 6.48 Å². The van der Waals surface area contributed by atoms with Crippen molar-refractivity contribution in [2.75, 3.05) is 26.2 Å². The van der Waals surface area contributed by atoms with Crippen LogP contribution in [0.25, 0.3) is 0 Å². The summed E-state index contributed by atoms with van der Waals surface area (Å²) in [6, 6.07) is 1.68. The summed E-state index contributed by atoms with van der Waals surface area (Å²) in [6.45, 7) is 10.3.